The van der Waals surface area contributed by atoms with E-state index in [1.165, 1.54) is 15.0 Å². The van der Waals surface area contributed by atoms with Crippen molar-refractivity contribution in [3.8, 4) is 0 Å². The van der Waals surface area contributed by atoms with Crippen LogP contribution in [0.5, 0.6) is 0 Å². The molecule has 0 saturated carbocycles. The van der Waals surface area contributed by atoms with E-state index in [1.54, 1.807) is 0 Å². The van der Waals surface area contributed by atoms with Crippen molar-refractivity contribution in [1.29, 1.82) is 0 Å². The predicted octanol–water partition coefficient (Wildman–Crippen LogP) is -0.539. The van der Waals surface area contributed by atoms with Crippen LogP contribution in [-0.4, -0.2) is 57.9 Å². The summed E-state index contributed by atoms with van der Waals surface area (Å²) >= 11 is 0. The molecule has 9 heteroatoms. The summed E-state index contributed by atoms with van der Waals surface area (Å²) in [5, 5.41) is 0. The third-order valence-corrected chi connectivity index (χ3v) is 3.31. The van der Waals surface area contributed by atoms with E-state index in [2.05, 4.69) is 4.52 Å². The topological polar surface area (TPSA) is 74.2 Å². The molecule has 1 aliphatic heterocycles. The second-order valence-electron chi connectivity index (χ2n) is 3.50. The van der Waals surface area contributed by atoms with Crippen LogP contribution in [0.3, 0.4) is 0 Å². The molecule has 1 aliphatic rings. The lowest BCUT2D eigenvalue weighted by atomic mass is 9.94. The number of halogens is 1. The maximum absolute atomic E-state index is 13.6. The monoisotopic (exact) mass is 256 g/mol. The number of ether oxygens (including phenoxy) is 2. The van der Waals surface area contributed by atoms with Crippen molar-refractivity contribution in [2.24, 2.45) is 0 Å². The molecule has 0 radical (unpaired) electrons. The van der Waals surface area contributed by atoms with Crippen LogP contribution < -0.4 is 0 Å². The Bertz CT molecular complexity index is 280. The van der Waals surface area contributed by atoms with Crippen molar-refractivity contribution in [2.45, 2.75) is 24.4 Å². The molecule has 0 aliphatic carbocycles. The average Bonchev–Trinajstić information content (AvgIpc) is 2.47. The Morgan fingerprint density at radius 1 is 1.56 bits per heavy atom. The molecule has 0 spiro atoms. The summed E-state index contributed by atoms with van der Waals surface area (Å²) in [6, 6.07) is -0.706. The van der Waals surface area contributed by atoms with E-state index < -0.39 is 32.2 Å². The first kappa shape index (κ1) is 14.1. The first-order valence-electron chi connectivity index (χ1n) is 4.76. The SMILES string of the molecule is B[C@@H]1O[C@H](COC)[C@@H](OP(=O)(O)OC)[C@@H]1F. The Morgan fingerprint density at radius 2 is 2.19 bits per heavy atom. The van der Waals surface area contributed by atoms with Crippen LogP contribution in [0.4, 0.5) is 4.39 Å². The van der Waals surface area contributed by atoms with Crippen LogP contribution in [0.1, 0.15) is 0 Å². The minimum absolute atomic E-state index is 0.0825. The summed E-state index contributed by atoms with van der Waals surface area (Å²) in [5.74, 6) is 0. The van der Waals surface area contributed by atoms with E-state index in [4.69, 9.17) is 18.9 Å². The first-order valence-corrected chi connectivity index (χ1v) is 6.26. The van der Waals surface area contributed by atoms with Gasteiger partial charge in [-0.25, -0.2) is 8.96 Å². The van der Waals surface area contributed by atoms with Gasteiger partial charge in [-0.05, 0) is 0 Å². The zero-order chi connectivity index (χ0) is 12.3. The summed E-state index contributed by atoms with van der Waals surface area (Å²) in [5.41, 5.74) is 0. The summed E-state index contributed by atoms with van der Waals surface area (Å²) in [4.78, 5) is 9.12. The number of hydrogen-bond donors (Lipinski definition) is 1. The van der Waals surface area contributed by atoms with Crippen LogP contribution in [0.15, 0.2) is 0 Å². The summed E-state index contributed by atoms with van der Waals surface area (Å²) < 4.78 is 43.8. The predicted molar refractivity (Wildman–Crippen MR) is 55.7 cm³/mol. The highest BCUT2D eigenvalue weighted by atomic mass is 31.2. The zero-order valence-corrected chi connectivity index (χ0v) is 10.2. The second-order valence-corrected chi connectivity index (χ2v) is 5.01. The Hall–Kier alpha value is 0.0249. The lowest BCUT2D eigenvalue weighted by molar-refractivity contribution is -0.0197. The van der Waals surface area contributed by atoms with E-state index in [0.29, 0.717) is 0 Å². The molecule has 16 heavy (non-hydrogen) atoms. The fourth-order valence-electron chi connectivity index (χ4n) is 1.52. The maximum atomic E-state index is 13.6. The molecule has 1 fully saturated rings. The molecule has 1 N–H and O–H groups in total. The van der Waals surface area contributed by atoms with Crippen LogP contribution in [-0.2, 0) is 23.1 Å². The van der Waals surface area contributed by atoms with E-state index in [0.717, 1.165) is 7.11 Å². The van der Waals surface area contributed by atoms with Gasteiger partial charge < -0.3 is 14.4 Å². The van der Waals surface area contributed by atoms with Crippen molar-refractivity contribution < 1.29 is 32.4 Å². The molecule has 5 atom stereocenters. The van der Waals surface area contributed by atoms with Crippen molar-refractivity contribution in [1.82, 2.24) is 0 Å². The zero-order valence-electron chi connectivity index (χ0n) is 9.33. The number of hydrogen-bond acceptors (Lipinski definition) is 5. The molecule has 1 rings (SSSR count). The molecule has 1 saturated heterocycles. The fourth-order valence-corrected chi connectivity index (χ4v) is 2.17. The Balaban J connectivity index is 2.70. The molecule has 94 valence electrons. The first-order chi connectivity index (χ1) is 7.41. The number of rotatable bonds is 5. The summed E-state index contributed by atoms with van der Waals surface area (Å²) in [7, 11) is -0.269. The van der Waals surface area contributed by atoms with Gasteiger partial charge in [-0.2, -0.15) is 0 Å². The van der Waals surface area contributed by atoms with E-state index in [9.17, 15) is 8.96 Å². The van der Waals surface area contributed by atoms with Gasteiger partial charge in [-0.3, -0.25) is 9.05 Å². The minimum atomic E-state index is -4.22. The summed E-state index contributed by atoms with van der Waals surface area (Å²) in [6.45, 7) is 0.0825. The van der Waals surface area contributed by atoms with E-state index in [-0.39, 0.29) is 6.61 Å². The van der Waals surface area contributed by atoms with Gasteiger partial charge in [0.2, 0.25) is 0 Å². The number of alkyl halides is 1. The standard InChI is InChI=1S/C7H15BFO6P/c1-12-3-4-6(5(9)7(8)14-4)15-16(10,11)13-2/h4-7H,3,8H2,1-2H3,(H,10,11)/t4-,5+,6-,7-/m1/s1. The van der Waals surface area contributed by atoms with E-state index in [1.807, 2.05) is 0 Å². The lowest BCUT2D eigenvalue weighted by Crippen LogP contribution is -2.34. The largest absolute Gasteiger partial charge is 0.472 e. The number of methoxy groups -OCH3 is 1. The minimum Gasteiger partial charge on any atom is -0.382 e. The van der Waals surface area contributed by atoms with Gasteiger partial charge in [-0.1, -0.05) is 0 Å². The molecule has 0 amide bonds. The van der Waals surface area contributed by atoms with Gasteiger partial charge in [-0.15, -0.1) is 0 Å². The molecule has 6 nitrogen and oxygen atoms in total. The molecule has 1 unspecified atom stereocenters. The van der Waals surface area contributed by atoms with Crippen molar-refractivity contribution in [3.05, 3.63) is 0 Å². The Morgan fingerprint density at radius 3 is 2.69 bits per heavy atom. The molecule has 0 aromatic rings. The summed E-state index contributed by atoms with van der Waals surface area (Å²) in [6.07, 6.45) is -3.37. The third kappa shape index (κ3) is 3.26. The Labute approximate surface area is 94.0 Å². The van der Waals surface area contributed by atoms with Crippen LogP contribution in [0.25, 0.3) is 0 Å². The smallest absolute Gasteiger partial charge is 0.382 e. The lowest BCUT2D eigenvalue weighted by Gasteiger charge is -2.21. The van der Waals surface area contributed by atoms with Gasteiger partial charge in [0.25, 0.3) is 0 Å². The Kier molecular flexibility index (Phi) is 4.91. The van der Waals surface area contributed by atoms with Gasteiger partial charge >= 0.3 is 7.82 Å². The van der Waals surface area contributed by atoms with Crippen LogP contribution in [0.2, 0.25) is 0 Å². The van der Waals surface area contributed by atoms with Crippen LogP contribution in [0, 0.1) is 0 Å². The second kappa shape index (κ2) is 5.57. The van der Waals surface area contributed by atoms with Crippen LogP contribution >= 0.6 is 7.82 Å². The van der Waals surface area contributed by atoms with Crippen molar-refractivity contribution in [2.75, 3.05) is 20.8 Å². The highest BCUT2D eigenvalue weighted by Gasteiger charge is 2.46. The van der Waals surface area contributed by atoms with Gasteiger partial charge in [0.1, 0.15) is 26.2 Å². The molecule has 0 bridgehead atoms. The highest BCUT2D eigenvalue weighted by molar-refractivity contribution is 7.47. The quantitative estimate of drug-likeness (QED) is 0.526. The van der Waals surface area contributed by atoms with Crippen molar-refractivity contribution >= 4 is 15.7 Å². The molecule has 0 aromatic carbocycles. The van der Waals surface area contributed by atoms with Crippen molar-refractivity contribution in [3.63, 3.8) is 0 Å². The molecular weight excluding hydrogens is 241 g/mol. The normalized spacial score (nSPS) is 38.5. The third-order valence-electron chi connectivity index (χ3n) is 2.33. The number of phosphoric ester groups is 1. The van der Waals surface area contributed by atoms with Gasteiger partial charge in [0.15, 0.2) is 0 Å². The van der Waals surface area contributed by atoms with Gasteiger partial charge in [0.05, 0.1) is 12.6 Å². The van der Waals surface area contributed by atoms with E-state index >= 15 is 0 Å². The average molecular weight is 256 g/mol. The highest BCUT2D eigenvalue weighted by Crippen LogP contribution is 2.46. The molecule has 0 aromatic heterocycles. The number of phosphoric acid groups is 1. The fraction of sp³-hybridized carbons (Fsp3) is 1.00. The maximum Gasteiger partial charge on any atom is 0.472 e. The molecular formula is C7H15BFO6P. The molecule has 1 heterocycles. The van der Waals surface area contributed by atoms with Gasteiger partial charge in [0, 0.05) is 14.2 Å².